The molecule has 1 heterocycles. The first-order valence-corrected chi connectivity index (χ1v) is 8.71. The van der Waals surface area contributed by atoms with Crippen LogP contribution in [0, 0.1) is 0 Å². The van der Waals surface area contributed by atoms with Crippen molar-refractivity contribution in [3.8, 4) is 0 Å². The number of carbonyl (C=O) groups excluding carboxylic acids is 2. The number of carbonyl (C=O) groups is 2. The van der Waals surface area contributed by atoms with Gasteiger partial charge in [0.1, 0.15) is 5.70 Å². The van der Waals surface area contributed by atoms with Crippen LogP contribution in [0.2, 0.25) is 0 Å². The largest absolute Gasteiger partial charge is 0.417 e. The molecule has 2 N–H and O–H groups in total. The molecule has 0 aliphatic carbocycles. The van der Waals surface area contributed by atoms with E-state index in [2.05, 4.69) is 10.6 Å². The first kappa shape index (κ1) is 18.1. The molecule has 0 atom stereocenters. The maximum atomic E-state index is 13.3. The Balaban J connectivity index is 2.13. The fraction of sp³-hybridized carbons (Fsp3) is 0.111. The molecule has 26 heavy (non-hydrogen) atoms. The Bertz CT molecular complexity index is 923. The number of benzene rings is 2. The molecule has 0 saturated heterocycles. The quantitative estimate of drug-likeness (QED) is 0.626. The molecule has 2 aromatic rings. The van der Waals surface area contributed by atoms with Gasteiger partial charge in [0, 0.05) is 16.1 Å². The molecule has 0 saturated carbocycles. The first-order chi connectivity index (χ1) is 12.3. The maximum absolute atomic E-state index is 13.3. The number of hydrogen-bond acceptors (Lipinski definition) is 4. The number of rotatable bonds is 4. The van der Waals surface area contributed by atoms with E-state index < -0.39 is 23.6 Å². The number of imide groups is 1. The highest BCUT2D eigenvalue weighted by molar-refractivity contribution is 7.98. The van der Waals surface area contributed by atoms with Crippen molar-refractivity contribution in [1.29, 1.82) is 0 Å². The molecular formula is C18H13F3N2O2S. The predicted octanol–water partition coefficient (Wildman–Crippen LogP) is 3.91. The van der Waals surface area contributed by atoms with Gasteiger partial charge in [-0.1, -0.05) is 24.3 Å². The Morgan fingerprint density at radius 2 is 1.73 bits per heavy atom. The molecule has 134 valence electrons. The molecule has 4 nitrogen and oxygen atoms in total. The number of amides is 2. The van der Waals surface area contributed by atoms with Gasteiger partial charge in [-0.3, -0.25) is 14.9 Å². The van der Waals surface area contributed by atoms with Crippen molar-refractivity contribution >= 4 is 34.8 Å². The molecule has 1 aliphatic rings. The van der Waals surface area contributed by atoms with Gasteiger partial charge in [0.15, 0.2) is 0 Å². The molecule has 0 bridgehead atoms. The lowest BCUT2D eigenvalue weighted by Crippen LogP contribution is -2.24. The number of thioether (sulfide) groups is 1. The third-order valence-electron chi connectivity index (χ3n) is 3.77. The number of alkyl halides is 3. The SMILES string of the molecule is CSc1cccc(NC2=C(c3ccccc3C(F)(F)F)C(=O)NC2=O)c1. The minimum atomic E-state index is -4.65. The minimum Gasteiger partial charge on any atom is -0.350 e. The summed E-state index contributed by atoms with van der Waals surface area (Å²) in [5.41, 5.74) is -1.34. The second kappa shape index (κ2) is 6.87. The highest BCUT2D eigenvalue weighted by atomic mass is 32.2. The second-order valence-electron chi connectivity index (χ2n) is 5.43. The second-order valence-corrected chi connectivity index (χ2v) is 6.31. The van der Waals surface area contributed by atoms with Gasteiger partial charge >= 0.3 is 6.18 Å². The average molecular weight is 378 g/mol. The molecular weight excluding hydrogens is 365 g/mol. The highest BCUT2D eigenvalue weighted by Gasteiger charge is 2.39. The molecule has 3 rings (SSSR count). The zero-order valence-corrected chi connectivity index (χ0v) is 14.3. The lowest BCUT2D eigenvalue weighted by Gasteiger charge is -2.14. The van der Waals surface area contributed by atoms with Crippen LogP contribution in [0.25, 0.3) is 5.57 Å². The highest BCUT2D eigenvalue weighted by Crippen LogP contribution is 2.37. The standard InChI is InChI=1S/C18H13F3N2O2S/c1-26-11-6-4-5-10(9-11)22-15-14(16(24)23-17(15)25)12-7-2-3-8-13(12)18(19,20)21/h2-9H,1H3,(H2,22,23,24,25). The summed E-state index contributed by atoms with van der Waals surface area (Å²) in [5, 5.41) is 4.85. The average Bonchev–Trinajstić information content (AvgIpc) is 2.87. The van der Waals surface area contributed by atoms with Crippen LogP contribution in [0.15, 0.2) is 59.1 Å². The van der Waals surface area contributed by atoms with Crippen molar-refractivity contribution in [3.05, 3.63) is 65.4 Å². The van der Waals surface area contributed by atoms with E-state index in [1.54, 1.807) is 18.2 Å². The monoisotopic (exact) mass is 378 g/mol. The lowest BCUT2D eigenvalue weighted by molar-refractivity contribution is -0.137. The van der Waals surface area contributed by atoms with Gasteiger partial charge in [0.25, 0.3) is 11.8 Å². The summed E-state index contributed by atoms with van der Waals surface area (Å²) in [6, 6.07) is 11.7. The third kappa shape index (κ3) is 3.45. The van der Waals surface area contributed by atoms with Crippen LogP contribution in [0.5, 0.6) is 0 Å². The van der Waals surface area contributed by atoms with Crippen LogP contribution in [-0.4, -0.2) is 18.1 Å². The number of hydrogen-bond donors (Lipinski definition) is 2. The summed E-state index contributed by atoms with van der Waals surface area (Å²) in [4.78, 5) is 25.2. The number of anilines is 1. The van der Waals surface area contributed by atoms with Crippen LogP contribution in [-0.2, 0) is 15.8 Å². The van der Waals surface area contributed by atoms with Crippen LogP contribution in [0.4, 0.5) is 18.9 Å². The van der Waals surface area contributed by atoms with Crippen LogP contribution >= 0.6 is 11.8 Å². The minimum absolute atomic E-state index is 0.204. The van der Waals surface area contributed by atoms with Gasteiger partial charge in [-0.05, 0) is 30.5 Å². The number of halogens is 3. The van der Waals surface area contributed by atoms with Crippen molar-refractivity contribution in [2.75, 3.05) is 11.6 Å². The van der Waals surface area contributed by atoms with Gasteiger partial charge in [-0.15, -0.1) is 11.8 Å². The van der Waals surface area contributed by atoms with Crippen molar-refractivity contribution in [1.82, 2.24) is 5.32 Å². The Hall–Kier alpha value is -2.74. The zero-order valence-electron chi connectivity index (χ0n) is 13.5. The maximum Gasteiger partial charge on any atom is 0.417 e. The molecule has 0 spiro atoms. The van der Waals surface area contributed by atoms with Gasteiger partial charge in [0.05, 0.1) is 11.1 Å². The number of nitrogens with one attached hydrogen (secondary N) is 2. The summed E-state index contributed by atoms with van der Waals surface area (Å²) in [7, 11) is 0. The van der Waals surface area contributed by atoms with E-state index in [1.807, 2.05) is 12.3 Å². The Labute approximate surface area is 151 Å². The zero-order chi connectivity index (χ0) is 18.9. The van der Waals surface area contributed by atoms with Gasteiger partial charge in [-0.2, -0.15) is 13.2 Å². The van der Waals surface area contributed by atoms with Gasteiger partial charge in [-0.25, -0.2) is 0 Å². The van der Waals surface area contributed by atoms with E-state index in [0.29, 0.717) is 5.69 Å². The molecule has 0 radical (unpaired) electrons. The predicted molar refractivity (Wildman–Crippen MR) is 93.4 cm³/mol. The van der Waals surface area contributed by atoms with Crippen molar-refractivity contribution in [2.24, 2.45) is 0 Å². The molecule has 0 unspecified atom stereocenters. The van der Waals surface area contributed by atoms with E-state index >= 15 is 0 Å². The van der Waals surface area contributed by atoms with E-state index in [1.165, 1.54) is 30.0 Å². The van der Waals surface area contributed by atoms with E-state index in [4.69, 9.17) is 0 Å². The van der Waals surface area contributed by atoms with Gasteiger partial charge in [0.2, 0.25) is 0 Å². The molecule has 2 amide bonds. The molecule has 2 aromatic carbocycles. The molecule has 0 fully saturated rings. The van der Waals surface area contributed by atoms with Crippen molar-refractivity contribution in [3.63, 3.8) is 0 Å². The summed E-state index contributed by atoms with van der Waals surface area (Å²) >= 11 is 1.47. The normalized spacial score (nSPS) is 14.6. The summed E-state index contributed by atoms with van der Waals surface area (Å²) in [6.45, 7) is 0. The summed E-state index contributed by atoms with van der Waals surface area (Å²) in [5.74, 6) is -1.63. The van der Waals surface area contributed by atoms with Crippen molar-refractivity contribution < 1.29 is 22.8 Å². The van der Waals surface area contributed by atoms with Gasteiger partial charge < -0.3 is 5.32 Å². The summed E-state index contributed by atoms with van der Waals surface area (Å²) in [6.07, 6.45) is -2.78. The molecule has 8 heteroatoms. The fourth-order valence-corrected chi connectivity index (χ4v) is 3.08. The topological polar surface area (TPSA) is 58.2 Å². The Morgan fingerprint density at radius 1 is 1.00 bits per heavy atom. The lowest BCUT2D eigenvalue weighted by atomic mass is 9.98. The Morgan fingerprint density at radius 3 is 2.42 bits per heavy atom. The smallest absolute Gasteiger partial charge is 0.350 e. The van der Waals surface area contributed by atoms with Crippen LogP contribution in [0.3, 0.4) is 0 Å². The van der Waals surface area contributed by atoms with Crippen molar-refractivity contribution in [2.45, 2.75) is 11.1 Å². The van der Waals surface area contributed by atoms with Crippen LogP contribution < -0.4 is 10.6 Å². The van der Waals surface area contributed by atoms with E-state index in [9.17, 15) is 22.8 Å². The Kier molecular flexibility index (Phi) is 4.78. The van der Waals surface area contributed by atoms with E-state index in [-0.39, 0.29) is 16.8 Å². The van der Waals surface area contributed by atoms with Crippen LogP contribution in [0.1, 0.15) is 11.1 Å². The first-order valence-electron chi connectivity index (χ1n) is 7.49. The molecule has 0 aromatic heterocycles. The van der Waals surface area contributed by atoms with E-state index in [0.717, 1.165) is 11.0 Å². The third-order valence-corrected chi connectivity index (χ3v) is 4.50. The fourth-order valence-electron chi connectivity index (χ4n) is 2.62. The summed E-state index contributed by atoms with van der Waals surface area (Å²) < 4.78 is 39.9. The molecule has 1 aliphatic heterocycles.